The highest BCUT2D eigenvalue weighted by Gasteiger charge is 2.06. The van der Waals surface area contributed by atoms with Gasteiger partial charge in [-0.3, -0.25) is 4.79 Å². The van der Waals surface area contributed by atoms with Crippen LogP contribution in [0.5, 0.6) is 5.75 Å². The molecule has 100 valence electrons. The van der Waals surface area contributed by atoms with Crippen LogP contribution >= 0.6 is 0 Å². The number of carbonyl (C=O) groups excluding carboxylic acids is 1. The molecule has 19 heavy (non-hydrogen) atoms. The number of carbonyl (C=O) groups is 1. The van der Waals surface area contributed by atoms with E-state index in [9.17, 15) is 4.79 Å². The van der Waals surface area contributed by atoms with Crippen LogP contribution in [-0.2, 0) is 4.79 Å². The van der Waals surface area contributed by atoms with Gasteiger partial charge in [0.25, 0.3) is 5.91 Å². The van der Waals surface area contributed by atoms with Crippen LogP contribution in [0.25, 0.3) is 10.9 Å². The number of aromatic nitrogens is 1. The quantitative estimate of drug-likeness (QED) is 0.896. The Bertz CT molecular complexity index is 581. The second kappa shape index (κ2) is 6.18. The van der Waals surface area contributed by atoms with Gasteiger partial charge in [-0.15, -0.1) is 0 Å². The zero-order valence-electron chi connectivity index (χ0n) is 11.3. The zero-order valence-corrected chi connectivity index (χ0v) is 11.3. The summed E-state index contributed by atoms with van der Waals surface area (Å²) in [4.78, 5) is 16.0. The highest BCUT2D eigenvalue weighted by atomic mass is 16.5. The summed E-state index contributed by atoms with van der Waals surface area (Å²) < 4.78 is 5.56. The van der Waals surface area contributed by atoms with Crippen LogP contribution in [0.2, 0.25) is 0 Å². The second-order valence-electron chi connectivity index (χ2n) is 4.42. The summed E-state index contributed by atoms with van der Waals surface area (Å²) in [7, 11) is 0. The van der Waals surface area contributed by atoms with Gasteiger partial charge in [-0.05, 0) is 25.5 Å². The fraction of sp³-hybridized carbons (Fsp3) is 0.333. The summed E-state index contributed by atoms with van der Waals surface area (Å²) in [5.41, 5.74) is 1.73. The smallest absolute Gasteiger partial charge is 0.257 e. The molecule has 4 nitrogen and oxygen atoms in total. The predicted octanol–water partition coefficient (Wildman–Crippen LogP) is 2.45. The third-order valence-corrected chi connectivity index (χ3v) is 2.75. The van der Waals surface area contributed by atoms with Crippen molar-refractivity contribution in [2.45, 2.75) is 20.3 Å². The van der Waals surface area contributed by atoms with Crippen LogP contribution in [0, 0.1) is 6.92 Å². The summed E-state index contributed by atoms with van der Waals surface area (Å²) in [6, 6.07) is 9.67. The molecule has 1 heterocycles. The Balaban J connectivity index is 2.12. The van der Waals surface area contributed by atoms with Crippen molar-refractivity contribution >= 4 is 16.8 Å². The Labute approximate surface area is 112 Å². The van der Waals surface area contributed by atoms with Gasteiger partial charge in [0.15, 0.2) is 6.61 Å². The molecule has 4 heteroatoms. The van der Waals surface area contributed by atoms with Crippen molar-refractivity contribution in [2.24, 2.45) is 0 Å². The van der Waals surface area contributed by atoms with E-state index in [1.165, 1.54) is 0 Å². The maximum atomic E-state index is 11.5. The lowest BCUT2D eigenvalue weighted by Gasteiger charge is -2.09. The molecule has 0 fully saturated rings. The first-order valence-electron chi connectivity index (χ1n) is 6.46. The van der Waals surface area contributed by atoms with Gasteiger partial charge in [-0.1, -0.05) is 25.1 Å². The van der Waals surface area contributed by atoms with Gasteiger partial charge in [-0.25, -0.2) is 4.98 Å². The first-order chi connectivity index (χ1) is 9.20. The fourth-order valence-electron chi connectivity index (χ4n) is 1.79. The van der Waals surface area contributed by atoms with Crippen LogP contribution in [0.1, 0.15) is 19.0 Å². The topological polar surface area (TPSA) is 51.2 Å². The molecule has 0 saturated heterocycles. The Kier molecular flexibility index (Phi) is 4.34. The number of nitrogens with one attached hydrogen (secondary N) is 1. The van der Waals surface area contributed by atoms with Crippen molar-refractivity contribution in [1.29, 1.82) is 0 Å². The molecule has 0 aliphatic heterocycles. The van der Waals surface area contributed by atoms with Crippen molar-refractivity contribution in [2.75, 3.05) is 13.2 Å². The van der Waals surface area contributed by atoms with Crippen molar-refractivity contribution in [3.8, 4) is 5.75 Å². The van der Waals surface area contributed by atoms with Crippen LogP contribution in [0.4, 0.5) is 0 Å². The van der Waals surface area contributed by atoms with Crippen LogP contribution < -0.4 is 10.1 Å². The third kappa shape index (κ3) is 3.44. The largest absolute Gasteiger partial charge is 0.481 e. The van der Waals surface area contributed by atoms with Crippen LogP contribution in [0.15, 0.2) is 30.3 Å². The molecule has 1 aromatic heterocycles. The van der Waals surface area contributed by atoms with E-state index in [0.29, 0.717) is 12.3 Å². The van der Waals surface area contributed by atoms with Crippen molar-refractivity contribution in [3.05, 3.63) is 36.0 Å². The number of hydrogen-bond donors (Lipinski definition) is 1. The molecule has 1 N–H and O–H groups in total. The molecule has 2 rings (SSSR count). The molecule has 0 aliphatic rings. The summed E-state index contributed by atoms with van der Waals surface area (Å²) in [5, 5.41) is 3.79. The molecule has 0 unspecified atom stereocenters. The maximum Gasteiger partial charge on any atom is 0.257 e. The number of nitrogens with zero attached hydrogens (tertiary/aromatic N) is 1. The van der Waals surface area contributed by atoms with E-state index in [-0.39, 0.29) is 12.5 Å². The molecule has 0 saturated carbocycles. The van der Waals surface area contributed by atoms with Crippen LogP contribution in [0.3, 0.4) is 0 Å². The number of ether oxygens (including phenoxy) is 1. The summed E-state index contributed by atoms with van der Waals surface area (Å²) in [6.45, 7) is 4.65. The molecule has 1 amide bonds. The van der Waals surface area contributed by atoms with E-state index >= 15 is 0 Å². The Hall–Kier alpha value is -2.10. The SMILES string of the molecule is CCCNC(=O)COc1cccc2ccc(C)nc12. The number of pyridine rings is 1. The van der Waals surface area contributed by atoms with Gasteiger partial charge in [0.2, 0.25) is 0 Å². The van der Waals surface area contributed by atoms with E-state index in [1.807, 2.05) is 44.2 Å². The lowest BCUT2D eigenvalue weighted by molar-refractivity contribution is -0.123. The highest BCUT2D eigenvalue weighted by Crippen LogP contribution is 2.23. The lowest BCUT2D eigenvalue weighted by atomic mass is 10.2. The predicted molar refractivity (Wildman–Crippen MR) is 75.3 cm³/mol. The number of fused-ring (bicyclic) bond motifs is 1. The Morgan fingerprint density at radius 1 is 1.32 bits per heavy atom. The summed E-state index contributed by atoms with van der Waals surface area (Å²) in [5.74, 6) is 0.541. The molecular formula is C15H18N2O2. The molecule has 2 aromatic rings. The zero-order chi connectivity index (χ0) is 13.7. The normalized spacial score (nSPS) is 10.4. The molecule has 0 atom stereocenters. The van der Waals surface area contributed by atoms with Crippen molar-refractivity contribution in [3.63, 3.8) is 0 Å². The van der Waals surface area contributed by atoms with E-state index in [4.69, 9.17) is 4.74 Å². The number of benzene rings is 1. The van der Waals surface area contributed by atoms with E-state index in [0.717, 1.165) is 23.0 Å². The Morgan fingerprint density at radius 2 is 2.16 bits per heavy atom. The third-order valence-electron chi connectivity index (χ3n) is 2.75. The van der Waals surface area contributed by atoms with Crippen molar-refractivity contribution in [1.82, 2.24) is 10.3 Å². The molecule has 0 bridgehead atoms. The van der Waals surface area contributed by atoms with Gasteiger partial charge >= 0.3 is 0 Å². The molecular weight excluding hydrogens is 240 g/mol. The summed E-state index contributed by atoms with van der Waals surface area (Å²) in [6.07, 6.45) is 0.917. The maximum absolute atomic E-state index is 11.5. The number of rotatable bonds is 5. The number of para-hydroxylation sites is 1. The first kappa shape index (κ1) is 13.3. The highest BCUT2D eigenvalue weighted by molar-refractivity contribution is 5.85. The van der Waals surface area contributed by atoms with Gasteiger partial charge in [0.1, 0.15) is 11.3 Å². The van der Waals surface area contributed by atoms with Crippen LogP contribution in [-0.4, -0.2) is 24.0 Å². The minimum Gasteiger partial charge on any atom is -0.481 e. The minimum atomic E-state index is -0.105. The average molecular weight is 258 g/mol. The number of amides is 1. The molecule has 0 aliphatic carbocycles. The number of aryl methyl sites for hydroxylation is 1. The van der Waals surface area contributed by atoms with Crippen molar-refractivity contribution < 1.29 is 9.53 Å². The minimum absolute atomic E-state index is 0.0226. The second-order valence-corrected chi connectivity index (χ2v) is 4.42. The van der Waals surface area contributed by atoms with E-state index in [2.05, 4.69) is 10.3 Å². The van der Waals surface area contributed by atoms with Gasteiger partial charge in [0, 0.05) is 17.6 Å². The average Bonchev–Trinajstić information content (AvgIpc) is 2.42. The fourth-order valence-corrected chi connectivity index (χ4v) is 1.79. The standard InChI is InChI=1S/C15H18N2O2/c1-3-9-16-14(18)10-19-13-6-4-5-12-8-7-11(2)17-15(12)13/h4-8H,3,9-10H2,1-2H3,(H,16,18). The lowest BCUT2D eigenvalue weighted by Crippen LogP contribution is -2.29. The number of hydrogen-bond acceptors (Lipinski definition) is 3. The first-order valence-corrected chi connectivity index (χ1v) is 6.46. The monoisotopic (exact) mass is 258 g/mol. The van der Waals surface area contributed by atoms with Gasteiger partial charge in [-0.2, -0.15) is 0 Å². The van der Waals surface area contributed by atoms with Gasteiger partial charge < -0.3 is 10.1 Å². The molecule has 0 radical (unpaired) electrons. The Morgan fingerprint density at radius 3 is 2.95 bits per heavy atom. The van der Waals surface area contributed by atoms with E-state index < -0.39 is 0 Å². The molecule has 0 spiro atoms. The molecule has 1 aromatic carbocycles. The van der Waals surface area contributed by atoms with Gasteiger partial charge in [0.05, 0.1) is 0 Å². The summed E-state index contributed by atoms with van der Waals surface area (Å²) >= 11 is 0. The van der Waals surface area contributed by atoms with E-state index in [1.54, 1.807) is 0 Å².